The van der Waals surface area contributed by atoms with E-state index in [-0.39, 0.29) is 5.41 Å². The number of hydrogen-bond acceptors (Lipinski definition) is 5. The van der Waals surface area contributed by atoms with E-state index in [0.717, 1.165) is 44.6 Å². The van der Waals surface area contributed by atoms with E-state index in [2.05, 4.69) is 21.4 Å². The molecule has 0 unspecified atom stereocenters. The van der Waals surface area contributed by atoms with Crippen molar-refractivity contribution in [2.75, 3.05) is 19.7 Å². The molecule has 0 radical (unpaired) electrons. The Kier molecular flexibility index (Phi) is 4.70. The van der Waals surface area contributed by atoms with Crippen LogP contribution in [0.3, 0.4) is 0 Å². The van der Waals surface area contributed by atoms with Crippen LogP contribution in [0.2, 0.25) is 0 Å². The molecule has 1 N–H and O–H groups in total. The third-order valence-corrected chi connectivity index (χ3v) is 4.78. The van der Waals surface area contributed by atoms with Gasteiger partial charge in [-0.3, -0.25) is 4.90 Å². The van der Waals surface area contributed by atoms with Crippen LogP contribution in [0, 0.1) is 12.3 Å². The second kappa shape index (κ2) is 6.08. The van der Waals surface area contributed by atoms with Crippen molar-refractivity contribution < 1.29 is 5.11 Å². The fourth-order valence-electron chi connectivity index (χ4n) is 2.99. The van der Waals surface area contributed by atoms with Gasteiger partial charge in [0, 0.05) is 25.1 Å². The number of rotatable bonds is 5. The quantitative estimate of drug-likeness (QED) is 0.890. The van der Waals surface area contributed by atoms with Crippen molar-refractivity contribution in [3.05, 3.63) is 10.6 Å². The lowest BCUT2D eigenvalue weighted by Gasteiger charge is -2.41. The Morgan fingerprint density at radius 1 is 1.50 bits per heavy atom. The molecule has 1 fully saturated rings. The average molecular weight is 269 g/mol. The van der Waals surface area contributed by atoms with Crippen LogP contribution in [0.1, 0.15) is 43.2 Å². The Hall–Kier alpha value is -0.520. The highest BCUT2D eigenvalue weighted by molar-refractivity contribution is 7.05. The van der Waals surface area contributed by atoms with E-state index >= 15 is 0 Å². The van der Waals surface area contributed by atoms with Crippen molar-refractivity contribution in [1.29, 1.82) is 0 Å². The third kappa shape index (κ3) is 3.08. The maximum absolute atomic E-state index is 9.72. The molecule has 4 nitrogen and oxygen atoms in total. The fourth-order valence-corrected chi connectivity index (χ4v) is 3.66. The Morgan fingerprint density at radius 2 is 2.33 bits per heavy atom. The van der Waals surface area contributed by atoms with Gasteiger partial charge in [0.2, 0.25) is 0 Å². The summed E-state index contributed by atoms with van der Waals surface area (Å²) in [5, 5.41) is 13.8. The van der Waals surface area contributed by atoms with Crippen LogP contribution < -0.4 is 0 Å². The first kappa shape index (κ1) is 13.9. The van der Waals surface area contributed by atoms with Crippen LogP contribution in [0.4, 0.5) is 0 Å². The van der Waals surface area contributed by atoms with Gasteiger partial charge >= 0.3 is 0 Å². The number of likely N-dealkylation sites (tertiary alicyclic amines) is 1. The van der Waals surface area contributed by atoms with Gasteiger partial charge < -0.3 is 5.11 Å². The van der Waals surface area contributed by atoms with Gasteiger partial charge in [-0.25, -0.2) is 0 Å². The molecule has 1 atom stereocenters. The Bertz CT molecular complexity index is 378. The smallest absolute Gasteiger partial charge is 0.0769 e. The largest absolute Gasteiger partial charge is 0.396 e. The molecule has 18 heavy (non-hydrogen) atoms. The molecule has 2 rings (SSSR count). The van der Waals surface area contributed by atoms with Crippen molar-refractivity contribution in [3.63, 3.8) is 0 Å². The Labute approximate surface area is 113 Å². The first-order valence-corrected chi connectivity index (χ1v) is 7.57. The van der Waals surface area contributed by atoms with Gasteiger partial charge in [0.05, 0.1) is 10.6 Å². The molecule has 0 spiro atoms. The van der Waals surface area contributed by atoms with E-state index in [1.165, 1.54) is 22.8 Å². The summed E-state index contributed by atoms with van der Waals surface area (Å²) in [4.78, 5) is 3.72. The summed E-state index contributed by atoms with van der Waals surface area (Å²) in [6.45, 7) is 7.62. The van der Waals surface area contributed by atoms with Gasteiger partial charge in [-0.05, 0) is 44.3 Å². The van der Waals surface area contributed by atoms with Gasteiger partial charge in [-0.1, -0.05) is 17.8 Å². The molecule has 1 aromatic heterocycles. The monoisotopic (exact) mass is 269 g/mol. The molecule has 1 aliphatic heterocycles. The van der Waals surface area contributed by atoms with Crippen molar-refractivity contribution in [1.82, 2.24) is 14.5 Å². The summed E-state index contributed by atoms with van der Waals surface area (Å²) < 4.78 is 4.00. The molecule has 1 saturated heterocycles. The highest BCUT2D eigenvalue weighted by Crippen LogP contribution is 2.35. The van der Waals surface area contributed by atoms with Gasteiger partial charge in [-0.15, -0.1) is 5.10 Å². The number of aliphatic hydroxyl groups is 1. The molecule has 0 aliphatic carbocycles. The van der Waals surface area contributed by atoms with Gasteiger partial charge in [0.25, 0.3) is 0 Å². The maximum atomic E-state index is 9.72. The van der Waals surface area contributed by atoms with E-state index in [1.54, 1.807) is 0 Å². The minimum atomic E-state index is 0.124. The number of aryl methyl sites for hydroxylation is 1. The standard InChI is InChI=1S/C13H23N3OS/c1-3-5-13(10-17)6-4-7-16(9-13)8-12-11(2)14-15-18-12/h17H,3-10H2,1-2H3/t13-/m0/s1. The summed E-state index contributed by atoms with van der Waals surface area (Å²) in [7, 11) is 0. The number of hydrogen-bond donors (Lipinski definition) is 1. The van der Waals surface area contributed by atoms with E-state index < -0.39 is 0 Å². The van der Waals surface area contributed by atoms with Crippen molar-refractivity contribution in [3.8, 4) is 0 Å². The number of piperidine rings is 1. The molecule has 1 aromatic rings. The lowest BCUT2D eigenvalue weighted by molar-refractivity contribution is 0.0219. The Balaban J connectivity index is 2.00. The van der Waals surface area contributed by atoms with E-state index in [0.29, 0.717) is 6.61 Å². The maximum Gasteiger partial charge on any atom is 0.0769 e. The first-order chi connectivity index (χ1) is 8.69. The van der Waals surface area contributed by atoms with Crippen molar-refractivity contribution in [2.24, 2.45) is 5.41 Å². The van der Waals surface area contributed by atoms with Crippen LogP contribution >= 0.6 is 11.5 Å². The number of nitrogens with zero attached hydrogens (tertiary/aromatic N) is 3. The summed E-state index contributed by atoms with van der Waals surface area (Å²) in [5.74, 6) is 0. The van der Waals surface area contributed by atoms with E-state index in [1.807, 2.05) is 6.92 Å². The topological polar surface area (TPSA) is 49.2 Å². The van der Waals surface area contributed by atoms with E-state index in [9.17, 15) is 5.11 Å². The molecule has 0 bridgehead atoms. The lowest BCUT2D eigenvalue weighted by atomic mass is 9.77. The molecule has 0 amide bonds. The summed E-state index contributed by atoms with van der Waals surface area (Å²) in [5.41, 5.74) is 1.18. The van der Waals surface area contributed by atoms with Crippen molar-refractivity contribution >= 4 is 11.5 Å². The zero-order valence-corrected chi connectivity index (χ0v) is 12.2. The predicted octanol–water partition coefficient (Wildman–Crippen LogP) is 2.22. The molecule has 1 aliphatic rings. The Morgan fingerprint density at radius 3 is 2.94 bits per heavy atom. The van der Waals surface area contributed by atoms with Gasteiger partial charge in [-0.2, -0.15) is 0 Å². The lowest BCUT2D eigenvalue weighted by Crippen LogP contribution is -2.44. The van der Waals surface area contributed by atoms with Crippen LogP contribution in [0.5, 0.6) is 0 Å². The molecule has 2 heterocycles. The highest BCUT2D eigenvalue weighted by atomic mass is 32.1. The first-order valence-electron chi connectivity index (χ1n) is 6.80. The normalized spacial score (nSPS) is 25.5. The summed E-state index contributed by atoms with van der Waals surface area (Å²) >= 11 is 1.50. The molecule has 5 heteroatoms. The summed E-state index contributed by atoms with van der Waals surface area (Å²) in [6, 6.07) is 0. The zero-order valence-electron chi connectivity index (χ0n) is 11.4. The summed E-state index contributed by atoms with van der Waals surface area (Å²) in [6.07, 6.45) is 4.62. The number of aromatic nitrogens is 2. The van der Waals surface area contributed by atoms with Crippen LogP contribution in [-0.2, 0) is 6.54 Å². The van der Waals surface area contributed by atoms with Crippen LogP contribution in [-0.4, -0.2) is 39.3 Å². The van der Waals surface area contributed by atoms with Crippen LogP contribution in [0.15, 0.2) is 0 Å². The van der Waals surface area contributed by atoms with Crippen molar-refractivity contribution in [2.45, 2.75) is 46.1 Å². The zero-order chi connectivity index (χ0) is 13.0. The SMILES string of the molecule is CCC[C@]1(CO)CCCN(Cc2snnc2C)C1. The molecule has 102 valence electrons. The fraction of sp³-hybridized carbons (Fsp3) is 0.846. The second-order valence-corrected chi connectivity index (χ2v) is 6.34. The van der Waals surface area contributed by atoms with E-state index in [4.69, 9.17) is 0 Å². The third-order valence-electron chi connectivity index (χ3n) is 3.97. The second-order valence-electron chi connectivity index (χ2n) is 5.50. The van der Waals surface area contributed by atoms with Gasteiger partial charge in [0.1, 0.15) is 0 Å². The molecule has 0 aromatic carbocycles. The minimum Gasteiger partial charge on any atom is -0.396 e. The molecule has 0 saturated carbocycles. The van der Waals surface area contributed by atoms with Gasteiger partial charge in [0.15, 0.2) is 0 Å². The molecular formula is C13H23N3OS. The molecular weight excluding hydrogens is 246 g/mol. The minimum absolute atomic E-state index is 0.124. The number of aliphatic hydroxyl groups excluding tert-OH is 1. The average Bonchev–Trinajstić information content (AvgIpc) is 2.76. The highest BCUT2D eigenvalue weighted by Gasteiger charge is 2.34. The predicted molar refractivity (Wildman–Crippen MR) is 73.6 cm³/mol. The van der Waals surface area contributed by atoms with Crippen LogP contribution in [0.25, 0.3) is 0 Å².